The molecule has 0 rings (SSSR count). The van der Waals surface area contributed by atoms with E-state index in [9.17, 15) is 14.4 Å². The number of hydrogen-bond acceptors (Lipinski definition) is 4. The summed E-state index contributed by atoms with van der Waals surface area (Å²) in [7, 11) is 0. The molecule has 2 N–H and O–H groups in total. The average molecular weight is 187 g/mol. The maximum Gasteiger partial charge on any atom is 0.404 e. The van der Waals surface area contributed by atoms with Crippen molar-refractivity contribution in [2.45, 2.75) is 32.6 Å². The molecule has 1 amide bonds. The summed E-state index contributed by atoms with van der Waals surface area (Å²) in [6, 6.07) is 0. The molecule has 0 atom stereocenters. The SMILES string of the molecule is CCCCCC(=O)OC(=O)C(N)=O. The molecule has 0 spiro atoms. The van der Waals surface area contributed by atoms with Gasteiger partial charge < -0.3 is 10.5 Å². The van der Waals surface area contributed by atoms with E-state index in [1.165, 1.54) is 0 Å². The third kappa shape index (κ3) is 5.84. The van der Waals surface area contributed by atoms with Crippen LogP contribution in [0.3, 0.4) is 0 Å². The first-order valence-electron chi connectivity index (χ1n) is 4.12. The van der Waals surface area contributed by atoms with E-state index >= 15 is 0 Å². The number of amides is 1. The second kappa shape index (κ2) is 6.16. The van der Waals surface area contributed by atoms with Crippen LogP contribution in [0.1, 0.15) is 32.6 Å². The molecule has 0 aromatic carbocycles. The molecule has 0 saturated heterocycles. The fourth-order valence-electron chi connectivity index (χ4n) is 0.724. The second-order valence-electron chi connectivity index (χ2n) is 2.58. The first-order chi connectivity index (χ1) is 6.07. The number of unbranched alkanes of at least 4 members (excludes halogenated alkanes) is 2. The van der Waals surface area contributed by atoms with Crippen LogP contribution in [0.4, 0.5) is 0 Å². The fraction of sp³-hybridized carbons (Fsp3) is 0.625. The van der Waals surface area contributed by atoms with Gasteiger partial charge in [0.25, 0.3) is 0 Å². The van der Waals surface area contributed by atoms with Crippen molar-refractivity contribution in [3.05, 3.63) is 0 Å². The Balaban J connectivity index is 3.62. The van der Waals surface area contributed by atoms with E-state index in [1.54, 1.807) is 0 Å². The molecule has 0 aromatic heterocycles. The largest absolute Gasteiger partial charge is 0.404 e. The van der Waals surface area contributed by atoms with Gasteiger partial charge in [-0.2, -0.15) is 0 Å². The third-order valence-corrected chi connectivity index (χ3v) is 1.39. The van der Waals surface area contributed by atoms with Gasteiger partial charge in [0.15, 0.2) is 0 Å². The molecular weight excluding hydrogens is 174 g/mol. The molecule has 0 saturated carbocycles. The van der Waals surface area contributed by atoms with Gasteiger partial charge in [-0.15, -0.1) is 0 Å². The zero-order valence-corrected chi connectivity index (χ0v) is 7.54. The highest BCUT2D eigenvalue weighted by Crippen LogP contribution is 2.00. The van der Waals surface area contributed by atoms with E-state index in [2.05, 4.69) is 10.5 Å². The average Bonchev–Trinajstić information content (AvgIpc) is 2.04. The summed E-state index contributed by atoms with van der Waals surface area (Å²) in [5.41, 5.74) is 4.57. The topological polar surface area (TPSA) is 86.5 Å². The van der Waals surface area contributed by atoms with Crippen molar-refractivity contribution in [2.75, 3.05) is 0 Å². The zero-order valence-electron chi connectivity index (χ0n) is 7.54. The van der Waals surface area contributed by atoms with Gasteiger partial charge in [0.1, 0.15) is 0 Å². The Morgan fingerprint density at radius 1 is 1.23 bits per heavy atom. The molecule has 0 radical (unpaired) electrons. The Labute approximate surface area is 76.2 Å². The number of hydrogen-bond donors (Lipinski definition) is 1. The molecule has 0 fully saturated rings. The lowest BCUT2D eigenvalue weighted by molar-refractivity contribution is -0.164. The van der Waals surface area contributed by atoms with E-state index in [0.717, 1.165) is 12.8 Å². The summed E-state index contributed by atoms with van der Waals surface area (Å²) in [6.07, 6.45) is 2.66. The maximum atomic E-state index is 10.8. The minimum absolute atomic E-state index is 0.146. The fourth-order valence-corrected chi connectivity index (χ4v) is 0.724. The highest BCUT2D eigenvalue weighted by molar-refractivity contribution is 6.33. The van der Waals surface area contributed by atoms with Crippen LogP contribution in [-0.2, 0) is 19.1 Å². The number of esters is 2. The molecule has 5 nitrogen and oxygen atoms in total. The number of nitrogens with two attached hydrogens (primary N) is 1. The molecule has 74 valence electrons. The summed E-state index contributed by atoms with van der Waals surface area (Å²) < 4.78 is 4.11. The monoisotopic (exact) mass is 187 g/mol. The molecular formula is C8H13NO4. The van der Waals surface area contributed by atoms with Crippen molar-refractivity contribution in [3.63, 3.8) is 0 Å². The van der Waals surface area contributed by atoms with Crippen LogP contribution >= 0.6 is 0 Å². The lowest BCUT2D eigenvalue weighted by Gasteiger charge is -1.98. The smallest absolute Gasteiger partial charge is 0.386 e. The Bertz CT molecular complexity index is 212. The number of ether oxygens (including phenoxy) is 1. The van der Waals surface area contributed by atoms with Crippen LogP contribution in [-0.4, -0.2) is 17.8 Å². The zero-order chi connectivity index (χ0) is 10.3. The van der Waals surface area contributed by atoms with Crippen molar-refractivity contribution in [1.29, 1.82) is 0 Å². The molecule has 0 aliphatic rings. The minimum atomic E-state index is -1.29. The summed E-state index contributed by atoms with van der Waals surface area (Å²) >= 11 is 0. The Morgan fingerprint density at radius 3 is 2.31 bits per heavy atom. The predicted molar refractivity (Wildman–Crippen MR) is 44.4 cm³/mol. The number of primary amides is 1. The first kappa shape index (κ1) is 11.6. The molecule has 0 unspecified atom stereocenters. The van der Waals surface area contributed by atoms with E-state index < -0.39 is 17.8 Å². The molecule has 0 aromatic rings. The van der Waals surface area contributed by atoms with Crippen molar-refractivity contribution < 1.29 is 19.1 Å². The highest BCUT2D eigenvalue weighted by atomic mass is 16.6. The van der Waals surface area contributed by atoms with Crippen molar-refractivity contribution in [3.8, 4) is 0 Å². The first-order valence-corrected chi connectivity index (χ1v) is 4.12. The lowest BCUT2D eigenvalue weighted by atomic mass is 10.2. The van der Waals surface area contributed by atoms with Gasteiger partial charge in [-0.3, -0.25) is 9.59 Å². The number of carbonyl (C=O) groups is 3. The Morgan fingerprint density at radius 2 is 1.85 bits per heavy atom. The summed E-state index contributed by atoms with van der Waals surface area (Å²) in [4.78, 5) is 31.4. The van der Waals surface area contributed by atoms with Gasteiger partial charge in [0, 0.05) is 6.42 Å². The molecule has 0 aliphatic heterocycles. The standard InChI is InChI=1S/C8H13NO4/c1-2-3-4-5-6(10)13-8(12)7(9)11/h2-5H2,1H3,(H2,9,11). The normalized spacial score (nSPS) is 9.31. The van der Waals surface area contributed by atoms with Crippen molar-refractivity contribution in [2.24, 2.45) is 5.73 Å². The molecule has 0 aliphatic carbocycles. The summed E-state index contributed by atoms with van der Waals surface area (Å²) in [5.74, 6) is -3.23. The summed E-state index contributed by atoms with van der Waals surface area (Å²) in [5, 5.41) is 0. The molecule has 0 bridgehead atoms. The number of rotatable bonds is 4. The highest BCUT2D eigenvalue weighted by Gasteiger charge is 2.14. The van der Waals surface area contributed by atoms with Crippen LogP contribution < -0.4 is 5.73 Å². The van der Waals surface area contributed by atoms with Gasteiger partial charge in [0.05, 0.1) is 0 Å². The minimum Gasteiger partial charge on any atom is -0.386 e. The maximum absolute atomic E-state index is 10.8. The van der Waals surface area contributed by atoms with E-state index in [-0.39, 0.29) is 6.42 Å². The van der Waals surface area contributed by atoms with Gasteiger partial charge in [-0.1, -0.05) is 19.8 Å². The van der Waals surface area contributed by atoms with Gasteiger partial charge in [0.2, 0.25) is 0 Å². The van der Waals surface area contributed by atoms with Gasteiger partial charge in [-0.05, 0) is 6.42 Å². The Kier molecular flexibility index (Phi) is 5.50. The van der Waals surface area contributed by atoms with Crippen LogP contribution in [0.25, 0.3) is 0 Å². The van der Waals surface area contributed by atoms with Gasteiger partial charge in [-0.25, -0.2) is 4.79 Å². The van der Waals surface area contributed by atoms with E-state index in [4.69, 9.17) is 0 Å². The molecule has 5 heteroatoms. The van der Waals surface area contributed by atoms with Crippen LogP contribution in [0.2, 0.25) is 0 Å². The van der Waals surface area contributed by atoms with Crippen LogP contribution in [0, 0.1) is 0 Å². The van der Waals surface area contributed by atoms with Crippen molar-refractivity contribution >= 4 is 17.8 Å². The van der Waals surface area contributed by atoms with Gasteiger partial charge >= 0.3 is 17.8 Å². The van der Waals surface area contributed by atoms with E-state index in [0.29, 0.717) is 6.42 Å². The van der Waals surface area contributed by atoms with Crippen molar-refractivity contribution in [1.82, 2.24) is 0 Å². The van der Waals surface area contributed by atoms with E-state index in [1.807, 2.05) is 6.92 Å². The molecule has 13 heavy (non-hydrogen) atoms. The van der Waals surface area contributed by atoms with Crippen LogP contribution in [0.5, 0.6) is 0 Å². The Hall–Kier alpha value is -1.39. The quantitative estimate of drug-likeness (QED) is 0.293. The lowest BCUT2D eigenvalue weighted by Crippen LogP contribution is -2.27. The predicted octanol–water partition coefficient (Wildman–Crippen LogP) is 0.122. The third-order valence-electron chi connectivity index (χ3n) is 1.39. The van der Waals surface area contributed by atoms with Crippen LogP contribution in [0.15, 0.2) is 0 Å². The summed E-state index contributed by atoms with van der Waals surface area (Å²) in [6.45, 7) is 1.99. The second-order valence-corrected chi connectivity index (χ2v) is 2.58. The molecule has 0 heterocycles. The number of carbonyl (C=O) groups excluding carboxylic acids is 3.